The summed E-state index contributed by atoms with van der Waals surface area (Å²) in [5, 5.41) is 3.18. The van der Waals surface area contributed by atoms with Gasteiger partial charge >= 0.3 is 18.0 Å². The zero-order valence-corrected chi connectivity index (χ0v) is 19.3. The van der Waals surface area contributed by atoms with E-state index in [-0.39, 0.29) is 33.1 Å². The molecule has 0 spiro atoms. The van der Waals surface area contributed by atoms with Gasteiger partial charge in [0.25, 0.3) is 0 Å². The first-order valence-corrected chi connectivity index (χ1v) is 12.2. The van der Waals surface area contributed by atoms with Gasteiger partial charge in [-0.15, -0.1) is 0 Å². The van der Waals surface area contributed by atoms with Crippen LogP contribution in [0.4, 0.5) is 26.3 Å². The van der Waals surface area contributed by atoms with Gasteiger partial charge < -0.3 is 4.84 Å². The molecule has 3 aromatic rings. The van der Waals surface area contributed by atoms with Crippen LogP contribution in [0, 0.1) is 0 Å². The summed E-state index contributed by atoms with van der Waals surface area (Å²) in [6, 6.07) is 3.87. The monoisotopic (exact) mass is 536 g/mol. The molecule has 1 aliphatic rings. The van der Waals surface area contributed by atoms with E-state index in [0.29, 0.717) is 17.4 Å². The van der Waals surface area contributed by atoms with Crippen LogP contribution >= 0.6 is 0 Å². The van der Waals surface area contributed by atoms with Gasteiger partial charge in [-0.25, -0.2) is 18.2 Å². The van der Waals surface area contributed by atoms with Crippen LogP contribution in [0.5, 0.6) is 0 Å². The number of sulfone groups is 1. The van der Waals surface area contributed by atoms with Gasteiger partial charge in [0, 0.05) is 23.9 Å². The Morgan fingerprint density at radius 1 is 1.17 bits per heavy atom. The summed E-state index contributed by atoms with van der Waals surface area (Å²) in [5.41, 5.74) is -2.40. The van der Waals surface area contributed by atoms with E-state index in [1.807, 2.05) is 0 Å². The van der Waals surface area contributed by atoms with E-state index in [4.69, 9.17) is 0 Å². The lowest BCUT2D eigenvalue weighted by Crippen LogP contribution is -2.31. The topological polar surface area (TPSA) is 95.0 Å². The molecule has 0 atom stereocenters. The van der Waals surface area contributed by atoms with Crippen molar-refractivity contribution in [1.82, 2.24) is 14.0 Å². The molecule has 2 heterocycles. The van der Waals surface area contributed by atoms with Gasteiger partial charge in [-0.2, -0.15) is 26.3 Å². The van der Waals surface area contributed by atoms with Gasteiger partial charge in [-0.1, -0.05) is 24.2 Å². The fourth-order valence-electron chi connectivity index (χ4n) is 3.55. The smallest absolute Gasteiger partial charge is 0.386 e. The highest BCUT2D eigenvalue weighted by Crippen LogP contribution is 2.39. The molecule has 1 aliphatic carbocycles. The SMILES string of the molecule is CCS(=O)(=O)c1cc(/C=N/OCC(F)(F)F)ccc1-c1cn2c(=O)n(C3CC3)c(C(F)(F)F)cc2n1. The quantitative estimate of drug-likeness (QED) is 0.256. The molecule has 1 aromatic carbocycles. The first-order valence-electron chi connectivity index (χ1n) is 10.5. The molecule has 0 amide bonds. The van der Waals surface area contributed by atoms with Crippen molar-refractivity contribution in [3.63, 3.8) is 0 Å². The lowest BCUT2D eigenvalue weighted by atomic mass is 10.1. The summed E-state index contributed by atoms with van der Waals surface area (Å²) >= 11 is 0. The number of halogens is 6. The van der Waals surface area contributed by atoms with Gasteiger partial charge in [-0.3, -0.25) is 8.97 Å². The molecule has 0 N–H and O–H groups in total. The number of hydrogen-bond acceptors (Lipinski definition) is 6. The van der Waals surface area contributed by atoms with E-state index in [1.165, 1.54) is 19.1 Å². The first kappa shape index (κ1) is 25.7. The Bertz CT molecular complexity index is 1500. The number of imidazole rings is 1. The molecule has 36 heavy (non-hydrogen) atoms. The number of oxime groups is 1. The standard InChI is InChI=1S/C21H18F6N4O4S/c1-2-36(33,34)16-7-12(9-28-35-11-20(22,23)24)3-6-14(16)15-10-30-18(29-15)8-17(21(25,26)27)31(19(30)32)13-4-5-13/h3,6-10,13H,2,4-5,11H2,1H3/b28-9+. The minimum Gasteiger partial charge on any atom is -0.386 e. The second-order valence-electron chi connectivity index (χ2n) is 8.05. The highest BCUT2D eigenvalue weighted by Gasteiger charge is 2.40. The van der Waals surface area contributed by atoms with Crippen molar-refractivity contribution < 1.29 is 39.6 Å². The van der Waals surface area contributed by atoms with Gasteiger partial charge in [-0.05, 0) is 24.5 Å². The zero-order chi connectivity index (χ0) is 26.5. The summed E-state index contributed by atoms with van der Waals surface area (Å²) in [4.78, 5) is 20.8. The third-order valence-electron chi connectivity index (χ3n) is 5.37. The third-order valence-corrected chi connectivity index (χ3v) is 7.14. The van der Waals surface area contributed by atoms with Gasteiger partial charge in [0.1, 0.15) is 11.3 Å². The van der Waals surface area contributed by atoms with Gasteiger partial charge in [0.05, 0.1) is 22.6 Å². The Morgan fingerprint density at radius 2 is 1.86 bits per heavy atom. The fourth-order valence-corrected chi connectivity index (χ4v) is 4.68. The summed E-state index contributed by atoms with van der Waals surface area (Å²) in [5.74, 6) is -0.356. The molecule has 194 valence electrons. The normalized spacial score (nSPS) is 15.2. The van der Waals surface area contributed by atoms with E-state index < -0.39 is 46.2 Å². The largest absolute Gasteiger partial charge is 0.431 e. The fraction of sp³-hybridized carbons (Fsp3) is 0.381. The molecule has 15 heteroatoms. The maximum Gasteiger partial charge on any atom is 0.431 e. The Hall–Kier alpha value is -3.36. The minimum absolute atomic E-state index is 0.000148. The number of rotatable bonds is 7. The molecule has 0 bridgehead atoms. The predicted octanol–water partition coefficient (Wildman–Crippen LogP) is 4.22. The molecule has 2 aromatic heterocycles. The summed E-state index contributed by atoms with van der Waals surface area (Å²) in [7, 11) is -3.94. The first-order chi connectivity index (χ1) is 16.7. The molecule has 0 aliphatic heterocycles. The predicted molar refractivity (Wildman–Crippen MR) is 115 cm³/mol. The number of fused-ring (bicyclic) bond motifs is 1. The number of alkyl halides is 6. The van der Waals surface area contributed by atoms with Crippen LogP contribution < -0.4 is 5.69 Å². The molecular weight excluding hydrogens is 518 g/mol. The highest BCUT2D eigenvalue weighted by molar-refractivity contribution is 7.91. The van der Waals surface area contributed by atoms with Crippen LogP contribution in [-0.2, 0) is 20.9 Å². The van der Waals surface area contributed by atoms with E-state index in [1.54, 1.807) is 0 Å². The lowest BCUT2D eigenvalue weighted by Gasteiger charge is -2.14. The number of nitrogens with zero attached hydrogens (tertiary/aromatic N) is 4. The van der Waals surface area contributed by atoms with Crippen molar-refractivity contribution in [3.05, 3.63) is 52.2 Å². The van der Waals surface area contributed by atoms with Crippen molar-refractivity contribution in [2.24, 2.45) is 5.16 Å². The molecule has 0 saturated heterocycles. The molecule has 4 rings (SSSR count). The number of aromatic nitrogens is 3. The van der Waals surface area contributed by atoms with Crippen molar-refractivity contribution in [1.29, 1.82) is 0 Å². The second-order valence-corrected chi connectivity index (χ2v) is 10.3. The van der Waals surface area contributed by atoms with E-state index in [9.17, 15) is 39.6 Å². The number of hydrogen-bond donors (Lipinski definition) is 0. The lowest BCUT2D eigenvalue weighted by molar-refractivity contribution is -0.173. The third kappa shape index (κ3) is 5.24. The zero-order valence-electron chi connectivity index (χ0n) is 18.5. The average molecular weight is 536 g/mol. The minimum atomic E-state index is -4.80. The van der Waals surface area contributed by atoms with E-state index >= 15 is 0 Å². The van der Waals surface area contributed by atoms with Crippen LogP contribution in [0.25, 0.3) is 16.9 Å². The summed E-state index contributed by atoms with van der Waals surface area (Å²) in [6.07, 6.45) is -6.53. The molecule has 0 radical (unpaired) electrons. The molecule has 0 unspecified atom stereocenters. The summed E-state index contributed by atoms with van der Waals surface area (Å²) in [6.45, 7) is -0.277. The van der Waals surface area contributed by atoms with Crippen LogP contribution in [0.1, 0.15) is 37.1 Å². The van der Waals surface area contributed by atoms with Crippen LogP contribution in [0.2, 0.25) is 0 Å². The van der Waals surface area contributed by atoms with Crippen molar-refractivity contribution in [2.75, 3.05) is 12.4 Å². The Balaban J connectivity index is 1.82. The van der Waals surface area contributed by atoms with Crippen LogP contribution in [0.15, 0.2) is 45.3 Å². The highest BCUT2D eigenvalue weighted by atomic mass is 32.2. The molecule has 8 nitrogen and oxygen atoms in total. The Labute approximate surface area is 199 Å². The van der Waals surface area contributed by atoms with E-state index in [2.05, 4.69) is 15.0 Å². The Kier molecular flexibility index (Phi) is 6.39. The van der Waals surface area contributed by atoms with Crippen LogP contribution in [-0.4, -0.2) is 47.1 Å². The van der Waals surface area contributed by atoms with Crippen molar-refractivity contribution >= 4 is 21.7 Å². The van der Waals surface area contributed by atoms with Gasteiger partial charge in [0.15, 0.2) is 9.84 Å². The Morgan fingerprint density at radius 3 is 2.44 bits per heavy atom. The summed E-state index contributed by atoms with van der Waals surface area (Å²) < 4.78 is 105. The van der Waals surface area contributed by atoms with E-state index in [0.717, 1.165) is 28.9 Å². The average Bonchev–Trinajstić information content (AvgIpc) is 3.52. The molecule has 1 fully saturated rings. The van der Waals surface area contributed by atoms with Crippen molar-refractivity contribution in [3.8, 4) is 11.3 Å². The molecule has 1 saturated carbocycles. The maximum absolute atomic E-state index is 13.6. The molecular formula is C21H18F6N4O4S. The maximum atomic E-state index is 13.6. The second kappa shape index (κ2) is 8.94. The van der Waals surface area contributed by atoms with Crippen LogP contribution in [0.3, 0.4) is 0 Å². The van der Waals surface area contributed by atoms with Gasteiger partial charge in [0.2, 0.25) is 6.61 Å². The van der Waals surface area contributed by atoms with Crippen molar-refractivity contribution in [2.45, 2.75) is 43.1 Å². The number of benzene rings is 1.